The number of morpholine rings is 1. The first-order valence-corrected chi connectivity index (χ1v) is 3.52. The summed E-state index contributed by atoms with van der Waals surface area (Å²) in [6.45, 7) is 1.70. The number of fused-ring (bicyclic) bond motifs is 1. The van der Waals surface area contributed by atoms with E-state index in [1.54, 1.807) is 0 Å². The molecular weight excluding hydrogens is 128 g/mol. The van der Waals surface area contributed by atoms with E-state index in [0.717, 1.165) is 13.2 Å². The highest BCUT2D eigenvalue weighted by Crippen LogP contribution is 2.09. The van der Waals surface area contributed by atoms with E-state index in [2.05, 4.69) is 10.3 Å². The first kappa shape index (κ1) is 6.07. The summed E-state index contributed by atoms with van der Waals surface area (Å²) < 4.78 is 5.42. The molecule has 0 amide bonds. The molecule has 2 rings (SSSR count). The number of hydrogen-bond acceptors (Lipinski definition) is 3. The number of aliphatic imine (C=N–C) groups is 1. The molecular formula is C7H10N2O. The normalized spacial score (nSPS) is 37.6. The lowest BCUT2D eigenvalue weighted by molar-refractivity contribution is 0.0282. The third-order valence-electron chi connectivity index (χ3n) is 1.71. The van der Waals surface area contributed by atoms with Gasteiger partial charge >= 0.3 is 0 Å². The van der Waals surface area contributed by atoms with Crippen molar-refractivity contribution in [3.8, 4) is 0 Å². The molecule has 0 radical (unpaired) electrons. The molecule has 2 aliphatic rings. The Kier molecular flexibility index (Phi) is 1.53. The Balaban J connectivity index is 2.09. The zero-order valence-electron chi connectivity index (χ0n) is 5.66. The smallest absolute Gasteiger partial charge is 0.130 e. The van der Waals surface area contributed by atoms with Gasteiger partial charge in [-0.05, 0) is 6.08 Å². The van der Waals surface area contributed by atoms with Crippen LogP contribution < -0.4 is 5.32 Å². The predicted octanol–water partition coefficient (Wildman–Crippen LogP) is -0.0585. The summed E-state index contributed by atoms with van der Waals surface area (Å²) in [5.41, 5.74) is 0. The van der Waals surface area contributed by atoms with Crippen LogP contribution in [-0.4, -0.2) is 31.6 Å². The fraction of sp³-hybridized carbons (Fsp3) is 0.571. The van der Waals surface area contributed by atoms with Crippen molar-refractivity contribution in [1.82, 2.24) is 5.32 Å². The van der Waals surface area contributed by atoms with E-state index in [0.29, 0.717) is 0 Å². The van der Waals surface area contributed by atoms with Crippen molar-refractivity contribution in [2.24, 2.45) is 4.99 Å². The quantitative estimate of drug-likeness (QED) is 0.509. The molecule has 2 aliphatic heterocycles. The Morgan fingerprint density at radius 3 is 3.50 bits per heavy atom. The Hall–Kier alpha value is -0.670. The van der Waals surface area contributed by atoms with Crippen molar-refractivity contribution in [2.75, 3.05) is 13.2 Å². The molecule has 0 spiro atoms. The van der Waals surface area contributed by atoms with E-state index in [1.807, 2.05) is 18.4 Å². The average molecular weight is 138 g/mol. The van der Waals surface area contributed by atoms with Crippen molar-refractivity contribution < 1.29 is 4.74 Å². The fourth-order valence-corrected chi connectivity index (χ4v) is 1.21. The largest absolute Gasteiger partial charge is 0.369 e. The van der Waals surface area contributed by atoms with Crippen LogP contribution in [0, 0.1) is 0 Å². The highest BCUT2D eigenvalue weighted by Gasteiger charge is 2.22. The molecule has 2 heterocycles. The van der Waals surface area contributed by atoms with E-state index in [-0.39, 0.29) is 12.3 Å². The summed E-state index contributed by atoms with van der Waals surface area (Å²) in [6.07, 6.45) is 6.10. The minimum absolute atomic E-state index is 0.166. The van der Waals surface area contributed by atoms with Gasteiger partial charge in [-0.15, -0.1) is 0 Å². The summed E-state index contributed by atoms with van der Waals surface area (Å²) in [4.78, 5) is 4.20. The number of ether oxygens (including phenoxy) is 1. The molecule has 1 fully saturated rings. The molecule has 10 heavy (non-hydrogen) atoms. The van der Waals surface area contributed by atoms with Gasteiger partial charge in [-0.25, -0.2) is 0 Å². The second-order valence-electron chi connectivity index (χ2n) is 2.42. The molecule has 2 unspecified atom stereocenters. The van der Waals surface area contributed by atoms with Gasteiger partial charge in [-0.1, -0.05) is 6.08 Å². The molecule has 0 aromatic rings. The zero-order chi connectivity index (χ0) is 6.81. The van der Waals surface area contributed by atoms with E-state index in [4.69, 9.17) is 4.74 Å². The van der Waals surface area contributed by atoms with Gasteiger partial charge in [0.15, 0.2) is 0 Å². The number of nitrogens with zero attached hydrogens (tertiary/aromatic N) is 1. The van der Waals surface area contributed by atoms with Gasteiger partial charge in [0.2, 0.25) is 0 Å². The van der Waals surface area contributed by atoms with Crippen LogP contribution >= 0.6 is 0 Å². The van der Waals surface area contributed by atoms with Gasteiger partial charge < -0.3 is 4.74 Å². The van der Waals surface area contributed by atoms with Crippen LogP contribution in [-0.2, 0) is 4.74 Å². The van der Waals surface area contributed by atoms with Crippen molar-refractivity contribution in [2.45, 2.75) is 12.3 Å². The maximum atomic E-state index is 5.42. The second kappa shape index (κ2) is 2.52. The van der Waals surface area contributed by atoms with Crippen LogP contribution in [0.4, 0.5) is 0 Å². The minimum Gasteiger partial charge on any atom is -0.369 e. The van der Waals surface area contributed by atoms with Crippen LogP contribution in [0.3, 0.4) is 0 Å². The maximum absolute atomic E-state index is 5.42. The van der Waals surface area contributed by atoms with Crippen molar-refractivity contribution in [3.05, 3.63) is 12.2 Å². The molecule has 3 nitrogen and oxygen atoms in total. The Morgan fingerprint density at radius 2 is 2.60 bits per heavy atom. The molecule has 2 atom stereocenters. The van der Waals surface area contributed by atoms with Crippen molar-refractivity contribution in [1.29, 1.82) is 0 Å². The summed E-state index contributed by atoms with van der Waals surface area (Å²) >= 11 is 0. The molecule has 0 aliphatic carbocycles. The van der Waals surface area contributed by atoms with Gasteiger partial charge in [0.25, 0.3) is 0 Å². The first-order chi connectivity index (χ1) is 4.97. The third kappa shape index (κ3) is 0.978. The molecule has 0 bridgehead atoms. The Morgan fingerprint density at radius 1 is 1.60 bits per heavy atom. The lowest BCUT2D eigenvalue weighted by Crippen LogP contribution is -2.47. The lowest BCUT2D eigenvalue weighted by Gasteiger charge is -2.29. The number of dihydropyridines is 1. The van der Waals surface area contributed by atoms with Gasteiger partial charge in [-0.3, -0.25) is 10.3 Å². The molecule has 1 N–H and O–H groups in total. The molecule has 3 heteroatoms. The van der Waals surface area contributed by atoms with Crippen LogP contribution in [0.5, 0.6) is 0 Å². The Bertz CT molecular complexity index is 156. The van der Waals surface area contributed by atoms with Crippen LogP contribution in [0.2, 0.25) is 0 Å². The number of allylic oxidation sites excluding steroid dienone is 1. The number of hydrogen-bond donors (Lipinski definition) is 1. The van der Waals surface area contributed by atoms with Crippen LogP contribution in [0.25, 0.3) is 0 Å². The standard InChI is InChI=1S/C7H10N2O/c1-2-6-7(8-3-1)9-4-5-10-6/h1-3,6-7,9H,4-5H2. The predicted molar refractivity (Wildman–Crippen MR) is 39.2 cm³/mol. The fourth-order valence-electron chi connectivity index (χ4n) is 1.21. The van der Waals surface area contributed by atoms with Crippen molar-refractivity contribution in [3.63, 3.8) is 0 Å². The van der Waals surface area contributed by atoms with Crippen LogP contribution in [0.1, 0.15) is 0 Å². The van der Waals surface area contributed by atoms with E-state index < -0.39 is 0 Å². The van der Waals surface area contributed by atoms with Gasteiger partial charge in [0.05, 0.1) is 6.61 Å². The summed E-state index contributed by atoms with van der Waals surface area (Å²) in [6, 6.07) is 0. The SMILES string of the molecule is C1=CC2OCCNC2N=C1. The second-order valence-corrected chi connectivity index (χ2v) is 2.42. The molecule has 1 saturated heterocycles. The monoisotopic (exact) mass is 138 g/mol. The first-order valence-electron chi connectivity index (χ1n) is 3.52. The molecule has 0 saturated carbocycles. The third-order valence-corrected chi connectivity index (χ3v) is 1.71. The zero-order valence-corrected chi connectivity index (χ0v) is 5.66. The summed E-state index contributed by atoms with van der Waals surface area (Å²) in [7, 11) is 0. The molecule has 0 aromatic carbocycles. The number of rotatable bonds is 0. The molecule has 54 valence electrons. The Labute approximate surface area is 59.8 Å². The van der Waals surface area contributed by atoms with Gasteiger partial charge in [0, 0.05) is 12.8 Å². The maximum Gasteiger partial charge on any atom is 0.130 e. The lowest BCUT2D eigenvalue weighted by atomic mass is 10.2. The van der Waals surface area contributed by atoms with E-state index in [9.17, 15) is 0 Å². The summed E-state index contributed by atoms with van der Waals surface area (Å²) in [5.74, 6) is 0. The highest BCUT2D eigenvalue weighted by molar-refractivity contribution is 5.72. The topological polar surface area (TPSA) is 33.6 Å². The summed E-state index contributed by atoms with van der Waals surface area (Å²) in [5, 5.41) is 3.25. The average Bonchev–Trinajstić information content (AvgIpc) is 2.05. The van der Waals surface area contributed by atoms with Crippen LogP contribution in [0.15, 0.2) is 17.1 Å². The van der Waals surface area contributed by atoms with E-state index >= 15 is 0 Å². The van der Waals surface area contributed by atoms with Gasteiger partial charge in [0.1, 0.15) is 12.3 Å². The highest BCUT2D eigenvalue weighted by atomic mass is 16.5. The van der Waals surface area contributed by atoms with Gasteiger partial charge in [-0.2, -0.15) is 0 Å². The van der Waals surface area contributed by atoms with E-state index in [1.165, 1.54) is 0 Å². The molecule has 0 aromatic heterocycles. The minimum atomic E-state index is 0.166. The van der Waals surface area contributed by atoms with Crippen molar-refractivity contribution >= 4 is 6.21 Å². The number of nitrogens with one attached hydrogen (secondary N) is 1.